The van der Waals surface area contributed by atoms with E-state index in [-0.39, 0.29) is 0 Å². The molecule has 0 aromatic carbocycles. The summed E-state index contributed by atoms with van der Waals surface area (Å²) in [5, 5.41) is 2.30. The molecular weight excluding hydrogens is 188 g/mol. The Balaban J connectivity index is 2.22. The Kier molecular flexibility index (Phi) is 3.84. The zero-order chi connectivity index (χ0) is 10.6. The van der Waals surface area contributed by atoms with Gasteiger partial charge < -0.3 is 5.32 Å². The first-order valence-corrected chi connectivity index (χ1v) is 5.16. The minimum Gasteiger partial charge on any atom is -0.351 e. The molecule has 0 atom stereocenters. The van der Waals surface area contributed by atoms with Crippen LogP contribution in [-0.2, 0) is 4.79 Å². The van der Waals surface area contributed by atoms with Gasteiger partial charge in [0.05, 0.1) is 0 Å². The molecule has 0 heterocycles. The molecule has 0 spiro atoms. The summed E-state index contributed by atoms with van der Waals surface area (Å²) in [6.07, 6.45) is 5.64. The summed E-state index contributed by atoms with van der Waals surface area (Å²) in [4.78, 5) is 10.8. The summed E-state index contributed by atoms with van der Waals surface area (Å²) in [7, 11) is 0. The first-order valence-electron chi connectivity index (χ1n) is 5.16. The van der Waals surface area contributed by atoms with Crippen molar-refractivity contribution in [2.45, 2.75) is 45.0 Å². The minimum absolute atomic E-state index is 0.398. The van der Waals surface area contributed by atoms with Gasteiger partial charge in [0, 0.05) is 13.5 Å². The molecule has 0 bridgehead atoms. The predicted molar refractivity (Wildman–Crippen MR) is 50.2 cm³/mol. The maximum absolute atomic E-state index is 12.5. The maximum atomic E-state index is 12.5. The number of nitrogens with one attached hydrogen (secondary N) is 1. The van der Waals surface area contributed by atoms with Crippen LogP contribution in [0.3, 0.4) is 0 Å². The first-order chi connectivity index (χ1) is 6.50. The lowest BCUT2D eigenvalue weighted by atomic mass is 9.89. The molecule has 82 valence electrons. The van der Waals surface area contributed by atoms with Crippen LogP contribution in [0.15, 0.2) is 0 Å². The van der Waals surface area contributed by atoms with E-state index in [1.165, 1.54) is 6.42 Å². The third-order valence-electron chi connectivity index (χ3n) is 2.67. The number of rotatable bonds is 3. The fraction of sp³-hybridized carbons (Fsp3) is 0.900. The van der Waals surface area contributed by atoms with Gasteiger partial charge in [-0.2, -0.15) is 8.78 Å². The van der Waals surface area contributed by atoms with E-state index in [9.17, 15) is 13.6 Å². The first kappa shape index (κ1) is 11.4. The lowest BCUT2D eigenvalue weighted by molar-refractivity contribution is -0.143. The number of amides is 1. The second-order valence-corrected chi connectivity index (χ2v) is 4.10. The largest absolute Gasteiger partial charge is 0.351 e. The topological polar surface area (TPSA) is 29.1 Å². The summed E-state index contributed by atoms with van der Waals surface area (Å²) in [5.74, 6) is -3.99. The Morgan fingerprint density at radius 1 is 1.36 bits per heavy atom. The third kappa shape index (κ3) is 3.60. The highest BCUT2D eigenvalue weighted by molar-refractivity contribution is 5.82. The fourth-order valence-corrected chi connectivity index (χ4v) is 1.78. The molecule has 1 saturated carbocycles. The molecule has 0 aliphatic heterocycles. The second-order valence-electron chi connectivity index (χ2n) is 4.10. The van der Waals surface area contributed by atoms with E-state index < -0.39 is 11.8 Å². The van der Waals surface area contributed by atoms with Gasteiger partial charge >= 0.3 is 5.92 Å². The van der Waals surface area contributed by atoms with Gasteiger partial charge in [-0.05, 0) is 18.8 Å². The van der Waals surface area contributed by atoms with Crippen LogP contribution in [0.2, 0.25) is 0 Å². The molecule has 0 unspecified atom stereocenters. The zero-order valence-electron chi connectivity index (χ0n) is 8.48. The fourth-order valence-electron chi connectivity index (χ4n) is 1.78. The van der Waals surface area contributed by atoms with E-state index in [2.05, 4.69) is 5.32 Å². The summed E-state index contributed by atoms with van der Waals surface area (Å²) in [5.41, 5.74) is 0. The molecule has 1 rings (SSSR count). The van der Waals surface area contributed by atoms with E-state index in [0.29, 0.717) is 19.4 Å². The van der Waals surface area contributed by atoms with Crippen molar-refractivity contribution in [3.05, 3.63) is 0 Å². The van der Waals surface area contributed by atoms with Crippen LogP contribution in [0.4, 0.5) is 8.78 Å². The molecule has 1 amide bonds. The van der Waals surface area contributed by atoms with E-state index in [1.54, 1.807) is 0 Å². The number of carbonyl (C=O) groups excluding carboxylic acids is 1. The van der Waals surface area contributed by atoms with Gasteiger partial charge in [0.2, 0.25) is 0 Å². The monoisotopic (exact) mass is 205 g/mol. The highest BCUT2D eigenvalue weighted by Gasteiger charge is 2.32. The van der Waals surface area contributed by atoms with Crippen LogP contribution in [0.25, 0.3) is 0 Å². The zero-order valence-corrected chi connectivity index (χ0v) is 8.48. The van der Waals surface area contributed by atoms with Crippen molar-refractivity contribution in [2.75, 3.05) is 6.54 Å². The molecule has 2 nitrogen and oxygen atoms in total. The van der Waals surface area contributed by atoms with Gasteiger partial charge in [-0.1, -0.05) is 19.3 Å². The minimum atomic E-state index is -3.24. The number of hydrogen-bond acceptors (Lipinski definition) is 1. The van der Waals surface area contributed by atoms with Gasteiger partial charge in [0.25, 0.3) is 5.91 Å². The standard InChI is InChI=1S/C10H17F2NO/c1-10(11,12)9(14)13-7-8-5-3-2-4-6-8/h8H,2-7H2,1H3,(H,13,14). The van der Waals surface area contributed by atoms with Gasteiger partial charge in [0.1, 0.15) is 0 Å². The molecule has 14 heavy (non-hydrogen) atoms. The number of halogens is 2. The summed E-state index contributed by atoms with van der Waals surface area (Å²) < 4.78 is 24.9. The predicted octanol–water partition coefficient (Wildman–Crippen LogP) is 2.34. The molecule has 1 N–H and O–H groups in total. The van der Waals surface area contributed by atoms with Crippen molar-refractivity contribution >= 4 is 5.91 Å². The van der Waals surface area contributed by atoms with Crippen molar-refractivity contribution in [3.63, 3.8) is 0 Å². The third-order valence-corrected chi connectivity index (χ3v) is 2.67. The smallest absolute Gasteiger partial charge is 0.321 e. The Hall–Kier alpha value is -0.670. The van der Waals surface area contributed by atoms with E-state index in [1.807, 2.05) is 0 Å². The Labute approximate surface area is 83.1 Å². The van der Waals surface area contributed by atoms with Crippen LogP contribution in [0.1, 0.15) is 39.0 Å². The molecule has 0 aromatic rings. The molecule has 0 saturated heterocycles. The highest BCUT2D eigenvalue weighted by Crippen LogP contribution is 2.23. The normalized spacial score (nSPS) is 19.4. The molecule has 4 heteroatoms. The highest BCUT2D eigenvalue weighted by atomic mass is 19.3. The molecule has 1 aliphatic carbocycles. The number of carbonyl (C=O) groups is 1. The lowest BCUT2D eigenvalue weighted by Gasteiger charge is -2.22. The van der Waals surface area contributed by atoms with Crippen molar-refractivity contribution in [2.24, 2.45) is 5.92 Å². The Morgan fingerprint density at radius 2 is 1.93 bits per heavy atom. The maximum Gasteiger partial charge on any atom is 0.321 e. The van der Waals surface area contributed by atoms with Crippen LogP contribution < -0.4 is 5.32 Å². The molecule has 0 aromatic heterocycles. The average Bonchev–Trinajstić information content (AvgIpc) is 2.14. The number of alkyl halides is 2. The summed E-state index contributed by atoms with van der Waals surface area (Å²) >= 11 is 0. The van der Waals surface area contributed by atoms with Gasteiger partial charge in [0.15, 0.2) is 0 Å². The van der Waals surface area contributed by atoms with Crippen molar-refractivity contribution < 1.29 is 13.6 Å². The van der Waals surface area contributed by atoms with E-state index in [0.717, 1.165) is 25.7 Å². The van der Waals surface area contributed by atoms with Gasteiger partial charge in [-0.25, -0.2) is 0 Å². The van der Waals surface area contributed by atoms with Gasteiger partial charge in [-0.3, -0.25) is 4.79 Å². The van der Waals surface area contributed by atoms with E-state index >= 15 is 0 Å². The molecule has 0 radical (unpaired) electrons. The average molecular weight is 205 g/mol. The van der Waals surface area contributed by atoms with Crippen molar-refractivity contribution in [1.82, 2.24) is 5.32 Å². The van der Waals surface area contributed by atoms with Crippen LogP contribution in [0.5, 0.6) is 0 Å². The van der Waals surface area contributed by atoms with Crippen molar-refractivity contribution in [3.8, 4) is 0 Å². The van der Waals surface area contributed by atoms with Crippen LogP contribution >= 0.6 is 0 Å². The summed E-state index contributed by atoms with van der Waals surface area (Å²) in [6, 6.07) is 0. The van der Waals surface area contributed by atoms with Crippen LogP contribution in [0, 0.1) is 5.92 Å². The quantitative estimate of drug-likeness (QED) is 0.752. The lowest BCUT2D eigenvalue weighted by Crippen LogP contribution is -2.40. The number of hydrogen-bond donors (Lipinski definition) is 1. The van der Waals surface area contributed by atoms with Gasteiger partial charge in [-0.15, -0.1) is 0 Å². The molecular formula is C10H17F2NO. The Morgan fingerprint density at radius 3 is 2.43 bits per heavy atom. The Bertz CT molecular complexity index is 195. The molecule has 1 aliphatic rings. The SMILES string of the molecule is CC(F)(F)C(=O)NCC1CCCCC1. The summed E-state index contributed by atoms with van der Waals surface area (Å²) in [6.45, 7) is 1.03. The van der Waals surface area contributed by atoms with Crippen LogP contribution in [-0.4, -0.2) is 18.4 Å². The second kappa shape index (κ2) is 4.71. The molecule has 1 fully saturated rings. The van der Waals surface area contributed by atoms with Crippen molar-refractivity contribution in [1.29, 1.82) is 0 Å². The van der Waals surface area contributed by atoms with E-state index in [4.69, 9.17) is 0 Å².